The Morgan fingerprint density at radius 3 is 3.00 bits per heavy atom. The summed E-state index contributed by atoms with van der Waals surface area (Å²) in [4.78, 5) is 17.3. The van der Waals surface area contributed by atoms with Crippen LogP contribution in [-0.4, -0.2) is 22.3 Å². The Hall–Kier alpha value is -1.62. The summed E-state index contributed by atoms with van der Waals surface area (Å²) in [6.45, 7) is 1.21. The number of amides is 1. The van der Waals surface area contributed by atoms with Crippen molar-refractivity contribution in [3.05, 3.63) is 57.6 Å². The zero-order chi connectivity index (χ0) is 13.4. The fraction of sp³-hybridized carbons (Fsp3) is 0.214. The van der Waals surface area contributed by atoms with Gasteiger partial charge in [-0.05, 0) is 45.8 Å². The van der Waals surface area contributed by atoms with Crippen molar-refractivity contribution in [2.45, 2.75) is 13.0 Å². The van der Waals surface area contributed by atoms with Crippen molar-refractivity contribution < 1.29 is 9.18 Å². The van der Waals surface area contributed by atoms with Crippen LogP contribution < -0.4 is 0 Å². The van der Waals surface area contributed by atoms with Crippen molar-refractivity contribution in [1.82, 2.24) is 9.88 Å². The molecule has 1 amide bonds. The lowest BCUT2D eigenvalue weighted by atomic mass is 10.1. The van der Waals surface area contributed by atoms with Gasteiger partial charge in [0.25, 0.3) is 5.91 Å². The molecule has 0 saturated heterocycles. The van der Waals surface area contributed by atoms with Crippen molar-refractivity contribution in [2.24, 2.45) is 0 Å². The van der Waals surface area contributed by atoms with Gasteiger partial charge in [-0.3, -0.25) is 4.79 Å². The monoisotopic (exact) mass is 322 g/mol. The first kappa shape index (κ1) is 12.4. The number of halogens is 2. The molecule has 0 radical (unpaired) electrons. The van der Waals surface area contributed by atoms with Crippen LogP contribution in [0, 0.1) is 5.82 Å². The van der Waals surface area contributed by atoms with Crippen LogP contribution in [0.3, 0.4) is 0 Å². The molecule has 0 unspecified atom stereocenters. The highest BCUT2D eigenvalue weighted by Gasteiger charge is 2.23. The van der Waals surface area contributed by atoms with E-state index in [4.69, 9.17) is 0 Å². The molecule has 2 heterocycles. The maximum Gasteiger partial charge on any atom is 0.254 e. The molecule has 0 saturated carbocycles. The Morgan fingerprint density at radius 1 is 1.37 bits per heavy atom. The van der Waals surface area contributed by atoms with Gasteiger partial charge in [-0.2, -0.15) is 0 Å². The topological polar surface area (TPSA) is 36.1 Å². The van der Waals surface area contributed by atoms with Crippen LogP contribution in [0.1, 0.15) is 21.6 Å². The summed E-state index contributed by atoms with van der Waals surface area (Å²) in [7, 11) is 0. The third-order valence-corrected chi connectivity index (χ3v) is 3.74. The van der Waals surface area contributed by atoms with Gasteiger partial charge in [0.05, 0.1) is 4.60 Å². The van der Waals surface area contributed by atoms with Crippen molar-refractivity contribution in [3.63, 3.8) is 0 Å². The van der Waals surface area contributed by atoms with Gasteiger partial charge in [-0.25, -0.2) is 4.39 Å². The van der Waals surface area contributed by atoms with E-state index in [-0.39, 0.29) is 11.7 Å². The van der Waals surface area contributed by atoms with Gasteiger partial charge in [0.15, 0.2) is 0 Å². The van der Waals surface area contributed by atoms with Gasteiger partial charge in [-0.15, -0.1) is 0 Å². The second-order valence-electron chi connectivity index (χ2n) is 4.61. The minimum atomic E-state index is -0.382. The van der Waals surface area contributed by atoms with Gasteiger partial charge in [0.1, 0.15) is 5.82 Å². The smallest absolute Gasteiger partial charge is 0.254 e. The first-order valence-electron chi connectivity index (χ1n) is 6.04. The molecule has 3 rings (SSSR count). The van der Waals surface area contributed by atoms with E-state index >= 15 is 0 Å². The van der Waals surface area contributed by atoms with E-state index in [1.54, 1.807) is 17.0 Å². The molecule has 0 atom stereocenters. The molecule has 1 aliphatic heterocycles. The zero-order valence-corrected chi connectivity index (χ0v) is 11.7. The van der Waals surface area contributed by atoms with Gasteiger partial charge in [0, 0.05) is 30.8 Å². The summed E-state index contributed by atoms with van der Waals surface area (Å²) in [6, 6.07) is 7.82. The molecule has 5 heteroatoms. The summed E-state index contributed by atoms with van der Waals surface area (Å²) in [5, 5.41) is 0. The Morgan fingerprint density at radius 2 is 2.21 bits per heavy atom. The van der Waals surface area contributed by atoms with Crippen LogP contribution in [0.5, 0.6) is 0 Å². The number of benzene rings is 1. The fourth-order valence-corrected chi connectivity index (χ4v) is 2.89. The van der Waals surface area contributed by atoms with Crippen molar-refractivity contribution >= 4 is 21.8 Å². The average molecular weight is 323 g/mol. The van der Waals surface area contributed by atoms with Crippen molar-refractivity contribution in [2.75, 3.05) is 6.54 Å². The molecule has 0 aliphatic carbocycles. The zero-order valence-electron chi connectivity index (χ0n) is 10.1. The lowest BCUT2D eigenvalue weighted by molar-refractivity contribution is 0.0734. The summed E-state index contributed by atoms with van der Waals surface area (Å²) in [5.41, 5.74) is 2.68. The molecule has 98 valence electrons. The number of fused-ring (bicyclic) bond motifs is 1. The number of aromatic nitrogens is 1. The molecule has 0 spiro atoms. The number of hydrogen-bond donors (Lipinski definition) is 1. The van der Waals surface area contributed by atoms with E-state index in [1.165, 1.54) is 12.1 Å². The number of nitrogens with one attached hydrogen (secondary N) is 1. The number of hydrogen-bond acceptors (Lipinski definition) is 1. The Kier molecular flexibility index (Phi) is 3.14. The molecule has 0 bridgehead atoms. The lowest BCUT2D eigenvalue weighted by Crippen LogP contribution is -2.35. The van der Waals surface area contributed by atoms with E-state index in [0.29, 0.717) is 18.7 Å². The van der Waals surface area contributed by atoms with Crippen LogP contribution in [0.25, 0.3) is 0 Å². The van der Waals surface area contributed by atoms with Crippen molar-refractivity contribution in [3.8, 4) is 0 Å². The van der Waals surface area contributed by atoms with E-state index in [9.17, 15) is 9.18 Å². The van der Waals surface area contributed by atoms with Crippen LogP contribution in [-0.2, 0) is 13.0 Å². The first-order chi connectivity index (χ1) is 9.13. The Labute approximate surface area is 118 Å². The standard InChI is InChI=1S/C14H12BrFN2O/c15-13-7-10-8-18(5-4-12(10)17-13)14(19)9-2-1-3-11(16)6-9/h1-3,6-7,17H,4-5,8H2. The van der Waals surface area contributed by atoms with E-state index in [2.05, 4.69) is 20.9 Å². The molecule has 1 N–H and O–H groups in total. The van der Waals surface area contributed by atoms with Crippen LogP contribution >= 0.6 is 15.9 Å². The molecule has 0 fully saturated rings. The van der Waals surface area contributed by atoms with Gasteiger partial charge in [-0.1, -0.05) is 6.07 Å². The summed E-state index contributed by atoms with van der Waals surface area (Å²) >= 11 is 3.40. The lowest BCUT2D eigenvalue weighted by Gasteiger charge is -2.27. The largest absolute Gasteiger partial charge is 0.353 e. The average Bonchev–Trinajstić information content (AvgIpc) is 2.76. The minimum Gasteiger partial charge on any atom is -0.353 e. The fourth-order valence-electron chi connectivity index (χ4n) is 2.37. The van der Waals surface area contributed by atoms with Gasteiger partial charge < -0.3 is 9.88 Å². The van der Waals surface area contributed by atoms with Gasteiger partial charge in [0.2, 0.25) is 0 Å². The number of nitrogens with zero attached hydrogens (tertiary/aromatic N) is 1. The van der Waals surface area contributed by atoms with Crippen LogP contribution in [0.4, 0.5) is 4.39 Å². The minimum absolute atomic E-state index is 0.123. The van der Waals surface area contributed by atoms with Gasteiger partial charge >= 0.3 is 0 Å². The number of carbonyl (C=O) groups is 1. The Bertz CT molecular complexity index is 638. The molecule has 1 aliphatic rings. The number of aromatic amines is 1. The second kappa shape index (κ2) is 4.81. The molecule has 19 heavy (non-hydrogen) atoms. The summed E-state index contributed by atoms with van der Waals surface area (Å²) < 4.78 is 14.1. The molecular weight excluding hydrogens is 311 g/mol. The predicted octanol–water partition coefficient (Wildman–Crippen LogP) is 3.11. The van der Waals surface area contributed by atoms with E-state index in [1.807, 2.05) is 6.07 Å². The Balaban J connectivity index is 1.83. The van der Waals surface area contributed by atoms with Crippen molar-refractivity contribution in [1.29, 1.82) is 0 Å². The number of H-pyrrole nitrogens is 1. The highest BCUT2D eigenvalue weighted by atomic mass is 79.9. The molecule has 3 nitrogen and oxygen atoms in total. The predicted molar refractivity (Wildman–Crippen MR) is 73.3 cm³/mol. The third kappa shape index (κ3) is 2.42. The SMILES string of the molecule is O=C(c1cccc(F)c1)N1CCc2[nH]c(Br)cc2C1. The summed E-state index contributed by atoms with van der Waals surface area (Å²) in [6.07, 6.45) is 0.794. The van der Waals surface area contributed by atoms with Crippen LogP contribution in [0.15, 0.2) is 34.9 Å². The highest BCUT2D eigenvalue weighted by molar-refractivity contribution is 9.10. The van der Waals surface area contributed by atoms with Crippen LogP contribution in [0.2, 0.25) is 0 Å². The number of rotatable bonds is 1. The van der Waals surface area contributed by atoms with E-state index in [0.717, 1.165) is 22.3 Å². The van der Waals surface area contributed by atoms with E-state index < -0.39 is 0 Å². The quantitative estimate of drug-likeness (QED) is 0.860. The molecular formula is C14H12BrFN2O. The third-order valence-electron chi connectivity index (χ3n) is 3.31. The maximum absolute atomic E-state index is 13.2. The maximum atomic E-state index is 13.2. The number of carbonyl (C=O) groups excluding carboxylic acids is 1. The first-order valence-corrected chi connectivity index (χ1v) is 6.84. The highest BCUT2D eigenvalue weighted by Crippen LogP contribution is 2.23. The summed E-state index contributed by atoms with van der Waals surface area (Å²) in [5.74, 6) is -0.504. The molecule has 2 aromatic rings. The normalized spacial score (nSPS) is 14.3. The molecule has 1 aromatic carbocycles. The second-order valence-corrected chi connectivity index (χ2v) is 5.46. The molecule has 1 aromatic heterocycles.